The number of hydrogen-bond acceptors (Lipinski definition) is 2. The van der Waals surface area contributed by atoms with Crippen LogP contribution in [0.1, 0.15) is 162 Å². The average molecular weight is 1420 g/mol. The summed E-state index contributed by atoms with van der Waals surface area (Å²) in [6.45, 7) is 36.3. The summed E-state index contributed by atoms with van der Waals surface area (Å²) in [4.78, 5) is 5.53. The second kappa shape index (κ2) is 25.2. The van der Waals surface area contributed by atoms with Crippen molar-refractivity contribution < 1.29 is 0 Å². The highest BCUT2D eigenvalue weighted by Crippen LogP contribution is 2.60. The maximum Gasteiger partial charge on any atom is 0.252 e. The van der Waals surface area contributed by atoms with Crippen molar-refractivity contribution in [2.24, 2.45) is 39.9 Å². The number of para-hydroxylation sites is 2. The van der Waals surface area contributed by atoms with Gasteiger partial charge in [0.2, 0.25) is 0 Å². The lowest BCUT2D eigenvalue weighted by molar-refractivity contribution is 0.197. The maximum absolute atomic E-state index is 2.76. The van der Waals surface area contributed by atoms with E-state index in [1.807, 2.05) is 0 Å². The summed E-state index contributed by atoms with van der Waals surface area (Å²) < 4.78 is 0. The molecular weight excluding hydrogens is 1310 g/mol. The van der Waals surface area contributed by atoms with Gasteiger partial charge >= 0.3 is 0 Å². The second-order valence-corrected chi connectivity index (χ2v) is 38.4. The molecule has 0 saturated carbocycles. The minimum absolute atomic E-state index is 0.0353. The van der Waals surface area contributed by atoms with Crippen LogP contribution in [-0.2, 0) is 23.7 Å². The van der Waals surface area contributed by atoms with Crippen molar-refractivity contribution in [3.8, 4) is 55.6 Å². The summed E-state index contributed by atoms with van der Waals surface area (Å²) in [5.41, 5.74) is 40.4. The zero-order valence-corrected chi connectivity index (χ0v) is 66.7. The van der Waals surface area contributed by atoms with E-state index >= 15 is 0 Å². The molecule has 2 heterocycles. The van der Waals surface area contributed by atoms with Gasteiger partial charge in [-0.3, -0.25) is 0 Å². The first-order valence-electron chi connectivity index (χ1n) is 40.7. The molecule has 0 N–H and O–H groups in total. The van der Waals surface area contributed by atoms with Crippen molar-refractivity contribution in [2.75, 3.05) is 9.80 Å². The van der Waals surface area contributed by atoms with Crippen LogP contribution < -0.4 is 26.2 Å². The van der Waals surface area contributed by atoms with Gasteiger partial charge in [0.1, 0.15) is 0 Å². The molecule has 11 aromatic rings. The van der Waals surface area contributed by atoms with E-state index in [0.717, 1.165) is 19.3 Å². The molecule has 540 valence electrons. The molecule has 19 rings (SSSR count). The predicted molar refractivity (Wildman–Crippen MR) is 467 cm³/mol. The number of aryl methyl sites for hydroxylation is 1. The van der Waals surface area contributed by atoms with Crippen LogP contribution in [0.3, 0.4) is 0 Å². The molecule has 5 unspecified atom stereocenters. The Labute approximate surface area is 649 Å². The van der Waals surface area contributed by atoms with Crippen LogP contribution in [0.5, 0.6) is 0 Å². The highest BCUT2D eigenvalue weighted by Gasteiger charge is 2.49. The van der Waals surface area contributed by atoms with Gasteiger partial charge in [0.05, 0.1) is 11.4 Å². The molecule has 109 heavy (non-hydrogen) atoms. The quantitative estimate of drug-likeness (QED) is 0.140. The van der Waals surface area contributed by atoms with Crippen molar-refractivity contribution in [3.63, 3.8) is 0 Å². The molecule has 0 spiro atoms. The first kappa shape index (κ1) is 69.3. The number of anilines is 6. The van der Waals surface area contributed by atoms with E-state index in [4.69, 9.17) is 0 Å². The van der Waals surface area contributed by atoms with Crippen LogP contribution >= 0.6 is 0 Å². The van der Waals surface area contributed by atoms with Crippen molar-refractivity contribution in [2.45, 2.75) is 153 Å². The van der Waals surface area contributed by atoms with E-state index < -0.39 is 0 Å². The third kappa shape index (κ3) is 11.5. The van der Waals surface area contributed by atoms with E-state index in [1.165, 1.54) is 180 Å². The molecular formula is C106H103BN2. The number of benzene rings is 11. The van der Waals surface area contributed by atoms with Crippen molar-refractivity contribution in [1.82, 2.24) is 0 Å². The van der Waals surface area contributed by atoms with E-state index in [2.05, 4.69) is 375 Å². The molecule has 0 aromatic heterocycles. The summed E-state index contributed by atoms with van der Waals surface area (Å²) in [7, 11) is 0. The first-order valence-corrected chi connectivity index (χ1v) is 40.7. The van der Waals surface area contributed by atoms with Gasteiger partial charge in [-0.2, -0.15) is 0 Å². The van der Waals surface area contributed by atoms with Crippen LogP contribution in [-0.4, -0.2) is 6.71 Å². The minimum atomic E-state index is -0.276. The molecule has 2 aliphatic heterocycles. The predicted octanol–water partition coefficient (Wildman–Crippen LogP) is 26.9. The van der Waals surface area contributed by atoms with Crippen LogP contribution in [0.2, 0.25) is 0 Å². The number of nitrogens with zero attached hydrogens (tertiary/aromatic N) is 2. The lowest BCUT2D eigenvalue weighted by atomic mass is 9.33. The van der Waals surface area contributed by atoms with E-state index in [9.17, 15) is 0 Å². The Hall–Kier alpha value is -10.2. The Morgan fingerprint density at radius 1 is 0.404 bits per heavy atom. The molecule has 8 aliphatic rings. The topological polar surface area (TPSA) is 6.48 Å². The van der Waals surface area contributed by atoms with Crippen LogP contribution in [0, 0.1) is 39.9 Å². The smallest absolute Gasteiger partial charge is 0.252 e. The minimum Gasteiger partial charge on any atom is -0.310 e. The molecule has 0 fully saturated rings. The van der Waals surface area contributed by atoms with E-state index in [1.54, 1.807) is 16.7 Å². The largest absolute Gasteiger partial charge is 0.310 e. The zero-order valence-electron chi connectivity index (χ0n) is 66.7. The van der Waals surface area contributed by atoms with E-state index in [-0.39, 0.29) is 39.7 Å². The number of rotatable bonds is 8. The molecule has 11 aromatic carbocycles. The van der Waals surface area contributed by atoms with Crippen molar-refractivity contribution in [1.29, 1.82) is 0 Å². The lowest BCUT2D eigenvalue weighted by Crippen LogP contribution is -2.61. The molecule has 5 atom stereocenters. The van der Waals surface area contributed by atoms with Crippen LogP contribution in [0.4, 0.5) is 34.1 Å². The summed E-state index contributed by atoms with van der Waals surface area (Å²) in [5, 5.41) is 2.95. The number of allylic oxidation sites excluding steroid dienone is 12. The summed E-state index contributed by atoms with van der Waals surface area (Å²) in [6.07, 6.45) is 21.4. The molecule has 0 amide bonds. The highest BCUT2D eigenvalue weighted by molar-refractivity contribution is 7.00. The average Bonchev–Trinajstić information content (AvgIpc) is 0.687. The normalized spacial score (nSPS) is 19.7. The molecule has 6 aliphatic carbocycles. The zero-order chi connectivity index (χ0) is 75.1. The van der Waals surface area contributed by atoms with Crippen molar-refractivity contribution >= 4 is 73.6 Å². The molecule has 3 heteroatoms. The van der Waals surface area contributed by atoms with Gasteiger partial charge < -0.3 is 9.80 Å². The summed E-state index contributed by atoms with van der Waals surface area (Å²) in [5.74, 6) is 2.17. The van der Waals surface area contributed by atoms with E-state index in [0.29, 0.717) is 23.7 Å². The summed E-state index contributed by atoms with van der Waals surface area (Å²) in [6, 6.07) is 88.0. The number of hydrogen-bond donors (Lipinski definition) is 0. The van der Waals surface area contributed by atoms with Gasteiger partial charge in [-0.1, -0.05) is 340 Å². The molecule has 0 radical (unpaired) electrons. The highest BCUT2D eigenvalue weighted by atomic mass is 15.2. The van der Waals surface area contributed by atoms with Gasteiger partial charge in [0, 0.05) is 56.8 Å². The van der Waals surface area contributed by atoms with Gasteiger partial charge in [-0.05, 0) is 229 Å². The third-order valence-corrected chi connectivity index (χ3v) is 26.5. The fraction of sp³-hybridized carbons (Fsp3) is 0.283. The maximum atomic E-state index is 2.76. The lowest BCUT2D eigenvalue weighted by Gasteiger charge is -2.48. The SMILES string of the molecule is CC(C)(C)C1=CC2=C(c3ccc4c(c3)B3c5cc(-c6cc7c8c9c(cc(C(C)(C)C)cc69)CCC8CC(C(C)(C)C)C7)ccc5N(c5c(-c6ccccc6)cccc5-c5ccccc5)c5cc(C(C)(C)C)cc(c53)N4c3c(-c4ccccc4)cccc3-c3ccccc3)C=C3C=C(C(C)(C)C)CC4C=CC(=C1)C2C34. The molecule has 2 nitrogen and oxygen atoms in total. The van der Waals surface area contributed by atoms with Crippen molar-refractivity contribution in [3.05, 3.63) is 322 Å². The number of fused-ring (bicyclic) bond motifs is 4. The summed E-state index contributed by atoms with van der Waals surface area (Å²) >= 11 is 0. The Balaban J connectivity index is 0.977. The van der Waals surface area contributed by atoms with Crippen LogP contribution in [0.15, 0.2) is 289 Å². The monoisotopic (exact) mass is 1410 g/mol. The van der Waals surface area contributed by atoms with Gasteiger partial charge in [0.15, 0.2) is 0 Å². The Kier molecular flexibility index (Phi) is 16.0. The van der Waals surface area contributed by atoms with Gasteiger partial charge in [-0.25, -0.2) is 0 Å². The fourth-order valence-corrected chi connectivity index (χ4v) is 20.5. The standard InChI is InChI=1S/C106H103BN2/c1-102(2,3)76-50-70-42-44-72-52-78(104(7,8)9)60-87-85(56-74(54-76)95(70)97(72)87)68-46-48-91-89(58-68)107-90-59-69(86-57-75-55-77(103(4,5)6)51-71-43-45-73-53-79(105(10,11)12)61-88(86)98(73)96(71)75)47-49-92(90)109(101-83(66-34-24-18-25-35-66)40-29-41-84(101)67-36-26-19-27-37-67)94-63-80(106(13,14)15)62-93(99(94)107)108(91)100-81(64-30-20-16-21-31-64)38-28-39-82(100)65-32-22-17-23-33-65/h16-42,44,46-49,52-54,56-63,70-71,77,95,97H,43,45,50-51,55H2,1-15H3. The van der Waals surface area contributed by atoms with Gasteiger partial charge in [-0.15, -0.1) is 0 Å². The third-order valence-electron chi connectivity index (χ3n) is 26.5. The Bertz CT molecular complexity index is 5660. The Morgan fingerprint density at radius 3 is 1.42 bits per heavy atom. The molecule has 0 saturated heterocycles. The molecule has 0 bridgehead atoms. The fourth-order valence-electron chi connectivity index (χ4n) is 20.5. The van der Waals surface area contributed by atoms with Gasteiger partial charge in [0.25, 0.3) is 6.71 Å². The first-order chi connectivity index (χ1) is 52.2. The second-order valence-electron chi connectivity index (χ2n) is 38.4. The van der Waals surface area contributed by atoms with Crippen LogP contribution in [0.25, 0.3) is 72.0 Å². The Morgan fingerprint density at radius 2 is 0.917 bits per heavy atom.